The van der Waals surface area contributed by atoms with Crippen LogP contribution in [0.4, 0.5) is 0 Å². The molecule has 0 radical (unpaired) electrons. The maximum atomic E-state index is 12.1. The zero-order valence-electron chi connectivity index (χ0n) is 12.4. The molecule has 5 nitrogen and oxygen atoms in total. The summed E-state index contributed by atoms with van der Waals surface area (Å²) in [5, 5.41) is 5.66. The molecule has 0 spiro atoms. The van der Waals surface area contributed by atoms with Gasteiger partial charge in [-0.25, -0.2) is 0 Å². The van der Waals surface area contributed by atoms with Crippen molar-refractivity contribution >= 4 is 11.8 Å². The molecule has 0 aromatic rings. The second-order valence-electron chi connectivity index (χ2n) is 5.99. The number of rotatable bonds is 8. The minimum absolute atomic E-state index is 0.0941. The number of carbonyl (C=O) groups excluding carboxylic acids is 2. The summed E-state index contributed by atoms with van der Waals surface area (Å²) in [6.07, 6.45) is 1.24. The van der Waals surface area contributed by atoms with E-state index in [1.807, 2.05) is 13.8 Å². The number of amides is 2. The molecule has 0 aromatic heterocycles. The van der Waals surface area contributed by atoms with E-state index in [0.717, 1.165) is 6.42 Å². The first-order chi connectivity index (χ1) is 8.90. The number of epoxide rings is 1. The minimum Gasteiger partial charge on any atom is -0.363 e. The molecule has 5 heteroatoms. The highest BCUT2D eigenvalue weighted by Crippen LogP contribution is 2.11. The predicted molar refractivity (Wildman–Crippen MR) is 73.6 cm³/mol. The Balaban J connectivity index is 2.41. The van der Waals surface area contributed by atoms with E-state index in [4.69, 9.17) is 4.74 Å². The Morgan fingerprint density at radius 2 is 1.84 bits per heavy atom. The van der Waals surface area contributed by atoms with Gasteiger partial charge in [0.25, 0.3) is 5.91 Å². The zero-order chi connectivity index (χ0) is 14.4. The molecule has 0 unspecified atom stereocenters. The Hall–Kier alpha value is -1.10. The van der Waals surface area contributed by atoms with E-state index in [1.54, 1.807) is 0 Å². The first kappa shape index (κ1) is 16.0. The van der Waals surface area contributed by atoms with Crippen molar-refractivity contribution in [1.82, 2.24) is 10.6 Å². The van der Waals surface area contributed by atoms with Crippen molar-refractivity contribution in [3.8, 4) is 0 Å². The summed E-state index contributed by atoms with van der Waals surface area (Å²) in [7, 11) is 0. The summed E-state index contributed by atoms with van der Waals surface area (Å²) < 4.78 is 4.92. The van der Waals surface area contributed by atoms with Gasteiger partial charge in [-0.1, -0.05) is 27.7 Å². The third-order valence-electron chi connectivity index (χ3n) is 2.99. The maximum Gasteiger partial charge on any atom is 0.252 e. The third kappa shape index (κ3) is 6.57. The monoisotopic (exact) mass is 270 g/mol. The number of nitrogens with one attached hydrogen (secondary N) is 2. The van der Waals surface area contributed by atoms with Crippen LogP contribution in [0.25, 0.3) is 0 Å². The van der Waals surface area contributed by atoms with E-state index in [0.29, 0.717) is 31.4 Å². The molecule has 1 aliphatic heterocycles. The van der Waals surface area contributed by atoms with Crippen LogP contribution >= 0.6 is 0 Å². The topological polar surface area (TPSA) is 70.7 Å². The van der Waals surface area contributed by atoms with Crippen LogP contribution in [0.1, 0.15) is 40.5 Å². The van der Waals surface area contributed by atoms with E-state index in [1.165, 1.54) is 0 Å². The molecule has 0 aromatic carbocycles. The fourth-order valence-corrected chi connectivity index (χ4v) is 1.77. The van der Waals surface area contributed by atoms with Crippen LogP contribution in [0.2, 0.25) is 0 Å². The molecule has 0 aliphatic carbocycles. The van der Waals surface area contributed by atoms with E-state index in [2.05, 4.69) is 24.5 Å². The molecule has 110 valence electrons. The van der Waals surface area contributed by atoms with Crippen molar-refractivity contribution in [3.63, 3.8) is 0 Å². The lowest BCUT2D eigenvalue weighted by atomic mass is 10.0. The van der Waals surface area contributed by atoms with Gasteiger partial charge in [-0.2, -0.15) is 0 Å². The lowest BCUT2D eigenvalue weighted by molar-refractivity contribution is -0.130. The Morgan fingerprint density at radius 1 is 1.21 bits per heavy atom. The van der Waals surface area contributed by atoms with Gasteiger partial charge < -0.3 is 15.4 Å². The normalized spacial score (nSPS) is 19.4. The number of hydrogen-bond acceptors (Lipinski definition) is 3. The smallest absolute Gasteiger partial charge is 0.252 e. The maximum absolute atomic E-state index is 12.1. The van der Waals surface area contributed by atoms with Crippen molar-refractivity contribution in [2.75, 3.05) is 13.2 Å². The van der Waals surface area contributed by atoms with Gasteiger partial charge in [0, 0.05) is 6.54 Å². The van der Waals surface area contributed by atoms with Gasteiger partial charge in [0.1, 0.15) is 6.04 Å². The van der Waals surface area contributed by atoms with Gasteiger partial charge in [0.05, 0.1) is 6.61 Å². The zero-order valence-corrected chi connectivity index (χ0v) is 12.4. The first-order valence-corrected chi connectivity index (χ1v) is 7.09. The highest BCUT2D eigenvalue weighted by Gasteiger charge is 2.34. The fraction of sp³-hybridized carbons (Fsp3) is 0.857. The van der Waals surface area contributed by atoms with Gasteiger partial charge in [-0.3, -0.25) is 9.59 Å². The first-order valence-electron chi connectivity index (χ1n) is 7.09. The SMILES string of the molecule is CC(C)CCNC(=O)[C@H](CC(C)C)NC(=O)[C@@H]1CO1. The Bertz CT molecular complexity index is 312. The average molecular weight is 270 g/mol. The van der Waals surface area contributed by atoms with E-state index in [-0.39, 0.29) is 17.9 Å². The van der Waals surface area contributed by atoms with Crippen molar-refractivity contribution in [2.45, 2.75) is 52.7 Å². The van der Waals surface area contributed by atoms with Crippen molar-refractivity contribution < 1.29 is 14.3 Å². The van der Waals surface area contributed by atoms with Crippen LogP contribution < -0.4 is 10.6 Å². The molecule has 0 saturated carbocycles. The van der Waals surface area contributed by atoms with Gasteiger partial charge >= 0.3 is 0 Å². The number of hydrogen-bond donors (Lipinski definition) is 2. The van der Waals surface area contributed by atoms with Crippen molar-refractivity contribution in [1.29, 1.82) is 0 Å². The lowest BCUT2D eigenvalue weighted by Crippen LogP contribution is -2.49. The molecule has 1 fully saturated rings. The largest absolute Gasteiger partial charge is 0.363 e. The molecule has 1 saturated heterocycles. The van der Waals surface area contributed by atoms with Crippen molar-refractivity contribution in [2.24, 2.45) is 11.8 Å². The molecule has 1 rings (SSSR count). The van der Waals surface area contributed by atoms with Crippen LogP contribution in [0, 0.1) is 11.8 Å². The lowest BCUT2D eigenvalue weighted by Gasteiger charge is -2.20. The molecule has 2 N–H and O–H groups in total. The summed E-state index contributed by atoms with van der Waals surface area (Å²) in [5.74, 6) is 0.632. The highest BCUT2D eigenvalue weighted by atomic mass is 16.6. The van der Waals surface area contributed by atoms with Crippen molar-refractivity contribution in [3.05, 3.63) is 0 Å². The molecule has 19 heavy (non-hydrogen) atoms. The van der Waals surface area contributed by atoms with Crippen LogP contribution in [0.15, 0.2) is 0 Å². The molecule has 2 amide bonds. The molecule has 0 bridgehead atoms. The van der Waals surface area contributed by atoms with E-state index in [9.17, 15) is 9.59 Å². The summed E-state index contributed by atoms with van der Waals surface area (Å²) in [4.78, 5) is 23.7. The number of carbonyl (C=O) groups is 2. The molecule has 2 atom stereocenters. The van der Waals surface area contributed by atoms with Crippen LogP contribution in [0.5, 0.6) is 0 Å². The summed E-state index contributed by atoms with van der Waals surface area (Å²) >= 11 is 0. The summed E-state index contributed by atoms with van der Waals surface area (Å²) in [6, 6.07) is -0.455. The van der Waals surface area contributed by atoms with E-state index >= 15 is 0 Å². The molecular formula is C14H26N2O3. The third-order valence-corrected chi connectivity index (χ3v) is 2.99. The second-order valence-corrected chi connectivity index (χ2v) is 5.99. The van der Waals surface area contributed by atoms with Gasteiger partial charge in [0.15, 0.2) is 6.10 Å². The minimum atomic E-state index is -0.455. The fourth-order valence-electron chi connectivity index (χ4n) is 1.77. The average Bonchev–Trinajstić information content (AvgIpc) is 3.10. The Labute approximate surface area is 115 Å². The highest BCUT2D eigenvalue weighted by molar-refractivity contribution is 5.90. The van der Waals surface area contributed by atoms with Gasteiger partial charge in [0.2, 0.25) is 5.91 Å². The van der Waals surface area contributed by atoms with Crippen LogP contribution in [0.3, 0.4) is 0 Å². The Morgan fingerprint density at radius 3 is 2.32 bits per heavy atom. The summed E-state index contributed by atoms with van der Waals surface area (Å²) in [5.41, 5.74) is 0. The number of ether oxygens (including phenoxy) is 1. The second kappa shape index (κ2) is 7.48. The molecular weight excluding hydrogens is 244 g/mol. The van der Waals surface area contributed by atoms with Crippen LogP contribution in [-0.2, 0) is 14.3 Å². The molecule has 1 heterocycles. The van der Waals surface area contributed by atoms with E-state index < -0.39 is 6.04 Å². The predicted octanol–water partition coefficient (Wildman–Crippen LogP) is 1.08. The standard InChI is InChI=1S/C14H26N2O3/c1-9(2)5-6-15-13(17)11(7-10(3)4)16-14(18)12-8-19-12/h9-12H,5-8H2,1-4H3,(H,15,17)(H,16,18)/t11-,12-/m0/s1. The summed E-state index contributed by atoms with van der Waals surface area (Å²) in [6.45, 7) is 9.42. The van der Waals surface area contributed by atoms with Gasteiger partial charge in [-0.05, 0) is 24.7 Å². The quantitative estimate of drug-likeness (QED) is 0.648. The Kier molecular flexibility index (Phi) is 6.28. The molecule has 1 aliphatic rings. The van der Waals surface area contributed by atoms with Gasteiger partial charge in [-0.15, -0.1) is 0 Å². The van der Waals surface area contributed by atoms with Crippen LogP contribution in [-0.4, -0.2) is 37.1 Å².